The fourth-order valence-electron chi connectivity index (χ4n) is 2.30. The van der Waals surface area contributed by atoms with Crippen LogP contribution in [0.4, 0.5) is 0 Å². The van der Waals surface area contributed by atoms with Crippen molar-refractivity contribution in [3.05, 3.63) is 17.0 Å². The lowest BCUT2D eigenvalue weighted by Gasteiger charge is -2.33. The zero-order valence-corrected chi connectivity index (χ0v) is 12.2. The van der Waals surface area contributed by atoms with E-state index in [1.54, 1.807) is 6.07 Å². The fraction of sp³-hybridized carbons (Fsp3) is 0.667. The Balaban J connectivity index is 2.01. The average Bonchev–Trinajstić information content (AvgIpc) is 2.76. The lowest BCUT2D eigenvalue weighted by Crippen LogP contribution is -2.51. The number of hydrogen-bond acceptors (Lipinski definition) is 4. The highest BCUT2D eigenvalue weighted by molar-refractivity contribution is 7.91. The molecule has 0 aliphatic heterocycles. The summed E-state index contributed by atoms with van der Waals surface area (Å²) in [5.41, 5.74) is 5.86. The first-order chi connectivity index (χ1) is 8.41. The molecule has 0 bridgehead atoms. The van der Waals surface area contributed by atoms with Gasteiger partial charge < -0.3 is 5.73 Å². The topological polar surface area (TPSA) is 72.2 Å². The van der Waals surface area contributed by atoms with Crippen LogP contribution in [0.2, 0.25) is 0 Å². The zero-order chi connectivity index (χ0) is 13.2. The summed E-state index contributed by atoms with van der Waals surface area (Å²) in [6.45, 7) is 2.24. The molecule has 1 aliphatic rings. The van der Waals surface area contributed by atoms with E-state index in [1.807, 2.05) is 13.0 Å². The van der Waals surface area contributed by atoms with Crippen molar-refractivity contribution in [1.82, 2.24) is 4.72 Å². The SMILES string of the molecule is Cc1ccc(S(=O)(=O)NCC2(N)CCCCC2)s1. The summed E-state index contributed by atoms with van der Waals surface area (Å²) in [4.78, 5) is 0.996. The first kappa shape index (κ1) is 14.0. The molecule has 0 amide bonds. The highest BCUT2D eigenvalue weighted by Crippen LogP contribution is 2.26. The van der Waals surface area contributed by atoms with Crippen LogP contribution in [0.15, 0.2) is 16.3 Å². The minimum Gasteiger partial charge on any atom is -0.324 e. The van der Waals surface area contributed by atoms with Gasteiger partial charge in [-0.3, -0.25) is 0 Å². The molecule has 4 nitrogen and oxygen atoms in total. The summed E-state index contributed by atoms with van der Waals surface area (Å²) in [6, 6.07) is 3.46. The van der Waals surface area contributed by atoms with Gasteiger partial charge in [0.05, 0.1) is 0 Å². The molecule has 1 aliphatic carbocycles. The molecule has 1 aromatic heterocycles. The van der Waals surface area contributed by atoms with Crippen molar-refractivity contribution in [3.8, 4) is 0 Å². The summed E-state index contributed by atoms with van der Waals surface area (Å²) < 4.78 is 27.2. The van der Waals surface area contributed by atoms with Crippen molar-refractivity contribution in [2.75, 3.05) is 6.54 Å². The second-order valence-electron chi connectivity index (χ2n) is 5.11. The van der Waals surface area contributed by atoms with Gasteiger partial charge in [-0.2, -0.15) is 0 Å². The molecule has 1 fully saturated rings. The third-order valence-corrected chi connectivity index (χ3v) is 6.34. The molecule has 18 heavy (non-hydrogen) atoms. The van der Waals surface area contributed by atoms with Crippen LogP contribution in [-0.2, 0) is 10.0 Å². The van der Waals surface area contributed by atoms with Crippen LogP contribution in [0.3, 0.4) is 0 Å². The van der Waals surface area contributed by atoms with E-state index >= 15 is 0 Å². The number of aryl methyl sites for hydroxylation is 1. The largest absolute Gasteiger partial charge is 0.324 e. The Morgan fingerprint density at radius 1 is 1.33 bits per heavy atom. The first-order valence-corrected chi connectivity index (χ1v) is 8.56. The Hall–Kier alpha value is -0.430. The van der Waals surface area contributed by atoms with Gasteiger partial charge in [0.15, 0.2) is 0 Å². The maximum Gasteiger partial charge on any atom is 0.250 e. The molecule has 6 heteroatoms. The Morgan fingerprint density at radius 2 is 2.00 bits per heavy atom. The Labute approximate surface area is 113 Å². The maximum absolute atomic E-state index is 12.1. The molecule has 0 saturated heterocycles. The summed E-state index contributed by atoms with van der Waals surface area (Å²) in [7, 11) is -3.39. The predicted molar refractivity (Wildman–Crippen MR) is 74.2 cm³/mol. The normalized spacial score (nSPS) is 19.9. The van der Waals surface area contributed by atoms with Crippen molar-refractivity contribution in [2.24, 2.45) is 5.73 Å². The molecule has 1 saturated carbocycles. The first-order valence-electron chi connectivity index (χ1n) is 6.26. The van der Waals surface area contributed by atoms with Crippen molar-refractivity contribution < 1.29 is 8.42 Å². The molecule has 0 aromatic carbocycles. The molecule has 2 rings (SSSR count). The minimum atomic E-state index is -3.39. The van der Waals surface area contributed by atoms with E-state index in [0.717, 1.165) is 30.6 Å². The molecule has 0 spiro atoms. The van der Waals surface area contributed by atoms with E-state index in [2.05, 4.69) is 4.72 Å². The molecule has 3 N–H and O–H groups in total. The van der Waals surface area contributed by atoms with E-state index in [4.69, 9.17) is 5.73 Å². The van der Waals surface area contributed by atoms with Gasteiger partial charge in [-0.25, -0.2) is 13.1 Å². The summed E-state index contributed by atoms with van der Waals surface area (Å²) >= 11 is 1.29. The van der Waals surface area contributed by atoms with Crippen LogP contribution >= 0.6 is 11.3 Å². The van der Waals surface area contributed by atoms with Crippen LogP contribution in [0.5, 0.6) is 0 Å². The molecule has 0 radical (unpaired) electrons. The van der Waals surface area contributed by atoms with Crippen molar-refractivity contribution >= 4 is 21.4 Å². The predicted octanol–water partition coefficient (Wildman–Crippen LogP) is 2.00. The monoisotopic (exact) mass is 288 g/mol. The molecule has 102 valence electrons. The molecule has 1 heterocycles. The second kappa shape index (κ2) is 5.28. The smallest absolute Gasteiger partial charge is 0.250 e. The van der Waals surface area contributed by atoms with Crippen molar-refractivity contribution in [1.29, 1.82) is 0 Å². The summed E-state index contributed by atoms with van der Waals surface area (Å²) in [5.74, 6) is 0. The van der Waals surface area contributed by atoms with Gasteiger partial charge in [0.2, 0.25) is 10.0 Å². The minimum absolute atomic E-state index is 0.340. The number of nitrogens with one attached hydrogen (secondary N) is 1. The third-order valence-electron chi connectivity index (χ3n) is 3.44. The van der Waals surface area contributed by atoms with Gasteiger partial charge in [0, 0.05) is 17.0 Å². The van der Waals surface area contributed by atoms with Crippen LogP contribution in [-0.4, -0.2) is 20.5 Å². The van der Waals surface area contributed by atoms with Gasteiger partial charge in [-0.15, -0.1) is 11.3 Å². The van der Waals surface area contributed by atoms with E-state index in [9.17, 15) is 8.42 Å². The van der Waals surface area contributed by atoms with E-state index in [1.165, 1.54) is 17.8 Å². The second-order valence-corrected chi connectivity index (χ2v) is 8.39. The Morgan fingerprint density at radius 3 is 2.56 bits per heavy atom. The summed E-state index contributed by atoms with van der Waals surface area (Å²) in [5, 5.41) is 0. The van der Waals surface area contributed by atoms with Gasteiger partial charge in [-0.1, -0.05) is 19.3 Å². The van der Waals surface area contributed by atoms with Crippen LogP contribution in [0.1, 0.15) is 37.0 Å². The molecular formula is C12H20N2O2S2. The summed E-state index contributed by atoms with van der Waals surface area (Å²) in [6.07, 6.45) is 5.19. The van der Waals surface area contributed by atoms with Crippen LogP contribution in [0.25, 0.3) is 0 Å². The molecule has 0 unspecified atom stereocenters. The van der Waals surface area contributed by atoms with E-state index in [0.29, 0.717) is 10.8 Å². The number of rotatable bonds is 4. The average molecular weight is 288 g/mol. The molecule has 1 aromatic rings. The highest BCUT2D eigenvalue weighted by atomic mass is 32.2. The molecular weight excluding hydrogens is 268 g/mol. The van der Waals surface area contributed by atoms with Gasteiger partial charge in [0.1, 0.15) is 4.21 Å². The fourth-order valence-corrected chi connectivity index (χ4v) is 4.77. The number of hydrogen-bond donors (Lipinski definition) is 2. The van der Waals surface area contributed by atoms with E-state index < -0.39 is 10.0 Å². The number of thiophene rings is 1. The number of sulfonamides is 1. The van der Waals surface area contributed by atoms with Crippen molar-refractivity contribution in [3.63, 3.8) is 0 Å². The van der Waals surface area contributed by atoms with Gasteiger partial charge in [-0.05, 0) is 31.9 Å². The zero-order valence-electron chi connectivity index (χ0n) is 10.6. The van der Waals surface area contributed by atoms with Crippen LogP contribution < -0.4 is 10.5 Å². The maximum atomic E-state index is 12.1. The highest BCUT2D eigenvalue weighted by Gasteiger charge is 2.29. The lowest BCUT2D eigenvalue weighted by molar-refractivity contribution is 0.296. The number of nitrogens with two attached hydrogens (primary N) is 1. The third kappa shape index (κ3) is 3.32. The standard InChI is InChI=1S/C12H20N2O2S2/c1-10-5-6-11(17-10)18(15,16)14-9-12(13)7-3-2-4-8-12/h5-6,14H,2-4,7-9,13H2,1H3. The van der Waals surface area contributed by atoms with E-state index in [-0.39, 0.29) is 5.54 Å². The Kier molecular flexibility index (Phi) is 4.11. The molecule has 0 atom stereocenters. The van der Waals surface area contributed by atoms with Crippen molar-refractivity contribution in [2.45, 2.75) is 48.8 Å². The van der Waals surface area contributed by atoms with Gasteiger partial charge in [0.25, 0.3) is 0 Å². The Bertz CT molecular complexity index is 502. The van der Waals surface area contributed by atoms with Crippen LogP contribution in [0, 0.1) is 6.92 Å². The lowest BCUT2D eigenvalue weighted by atomic mass is 9.83. The van der Waals surface area contributed by atoms with Gasteiger partial charge >= 0.3 is 0 Å². The quantitative estimate of drug-likeness (QED) is 0.890.